The number of halogens is 3. The van der Waals surface area contributed by atoms with Crippen LogP contribution < -0.4 is 5.73 Å². The molecule has 4 nitrogen and oxygen atoms in total. The van der Waals surface area contributed by atoms with Crippen molar-refractivity contribution >= 4 is 5.84 Å². The van der Waals surface area contributed by atoms with Gasteiger partial charge in [-0.15, -0.1) is 0 Å². The lowest BCUT2D eigenvalue weighted by Gasteiger charge is -2.13. The Morgan fingerprint density at radius 2 is 1.95 bits per heavy atom. The van der Waals surface area contributed by atoms with E-state index in [0.29, 0.717) is 11.3 Å². The predicted molar refractivity (Wildman–Crippen MR) is 64.3 cm³/mol. The third kappa shape index (κ3) is 2.31. The molecule has 0 saturated carbocycles. The van der Waals surface area contributed by atoms with Crippen LogP contribution >= 0.6 is 0 Å². The summed E-state index contributed by atoms with van der Waals surface area (Å²) in [5, 5.41) is 10.9. The van der Waals surface area contributed by atoms with Gasteiger partial charge in [-0.25, -0.2) is 4.68 Å². The fourth-order valence-corrected chi connectivity index (χ4v) is 1.80. The van der Waals surface area contributed by atoms with Crippen molar-refractivity contribution in [3.63, 3.8) is 0 Å². The summed E-state index contributed by atoms with van der Waals surface area (Å²) < 4.78 is 40.1. The third-order valence-corrected chi connectivity index (χ3v) is 2.67. The van der Waals surface area contributed by atoms with Crippen LogP contribution in [0.1, 0.15) is 16.8 Å². The molecule has 0 unspecified atom stereocenters. The molecule has 0 atom stereocenters. The standard InChI is InChI=1S/C12H11F3N4/c1-7-4-2-3-5-9(7)19-10(12(13,14)15)8(6-18-19)11(16)17/h2-6H,1H3,(H3,16,17). The number of nitrogen functional groups attached to an aromatic ring is 1. The number of hydrogen-bond donors (Lipinski definition) is 2. The molecule has 0 saturated heterocycles. The Balaban J connectivity index is 2.73. The molecule has 2 aromatic rings. The lowest BCUT2D eigenvalue weighted by atomic mass is 10.2. The van der Waals surface area contributed by atoms with Crippen molar-refractivity contribution in [1.82, 2.24) is 9.78 Å². The van der Waals surface area contributed by atoms with Gasteiger partial charge in [0.1, 0.15) is 5.84 Å². The van der Waals surface area contributed by atoms with Gasteiger partial charge in [-0.2, -0.15) is 18.3 Å². The molecule has 19 heavy (non-hydrogen) atoms. The van der Waals surface area contributed by atoms with Gasteiger partial charge in [-0.3, -0.25) is 5.41 Å². The van der Waals surface area contributed by atoms with Crippen molar-refractivity contribution in [2.75, 3.05) is 0 Å². The number of benzene rings is 1. The fourth-order valence-electron chi connectivity index (χ4n) is 1.80. The summed E-state index contributed by atoms with van der Waals surface area (Å²) in [7, 11) is 0. The van der Waals surface area contributed by atoms with Crippen molar-refractivity contribution < 1.29 is 13.2 Å². The van der Waals surface area contributed by atoms with Crippen LogP contribution in [0.25, 0.3) is 5.69 Å². The van der Waals surface area contributed by atoms with Gasteiger partial charge < -0.3 is 5.73 Å². The van der Waals surface area contributed by atoms with Gasteiger partial charge in [0.2, 0.25) is 0 Å². The summed E-state index contributed by atoms with van der Waals surface area (Å²) in [6.45, 7) is 1.69. The van der Waals surface area contributed by atoms with E-state index in [1.54, 1.807) is 25.1 Å². The van der Waals surface area contributed by atoms with Crippen LogP contribution in [0.5, 0.6) is 0 Å². The van der Waals surface area contributed by atoms with Crippen LogP contribution in [0.4, 0.5) is 13.2 Å². The number of aromatic nitrogens is 2. The largest absolute Gasteiger partial charge is 0.434 e. The molecule has 1 heterocycles. The Bertz CT molecular complexity index is 628. The SMILES string of the molecule is Cc1ccccc1-n1ncc(C(=N)N)c1C(F)(F)F. The van der Waals surface area contributed by atoms with E-state index in [4.69, 9.17) is 11.1 Å². The van der Waals surface area contributed by atoms with Gasteiger partial charge in [0, 0.05) is 0 Å². The zero-order valence-corrected chi connectivity index (χ0v) is 9.99. The van der Waals surface area contributed by atoms with Gasteiger partial charge in [0.25, 0.3) is 0 Å². The molecule has 1 aromatic carbocycles. The molecule has 3 N–H and O–H groups in total. The van der Waals surface area contributed by atoms with Crippen LogP contribution in [-0.4, -0.2) is 15.6 Å². The molecule has 0 aliphatic heterocycles. The van der Waals surface area contributed by atoms with Gasteiger partial charge in [-0.1, -0.05) is 18.2 Å². The first-order valence-electron chi connectivity index (χ1n) is 5.38. The summed E-state index contributed by atoms with van der Waals surface area (Å²) in [6, 6.07) is 6.56. The second kappa shape index (κ2) is 4.42. The lowest BCUT2D eigenvalue weighted by Crippen LogP contribution is -2.21. The second-order valence-corrected chi connectivity index (χ2v) is 4.02. The molecule has 1 aromatic heterocycles. The highest BCUT2D eigenvalue weighted by Gasteiger charge is 2.39. The second-order valence-electron chi connectivity index (χ2n) is 4.02. The third-order valence-electron chi connectivity index (χ3n) is 2.67. The molecule has 0 radical (unpaired) electrons. The quantitative estimate of drug-likeness (QED) is 0.649. The first-order chi connectivity index (χ1) is 8.82. The van der Waals surface area contributed by atoms with Crippen molar-refractivity contribution in [3.8, 4) is 5.69 Å². The summed E-state index contributed by atoms with van der Waals surface area (Å²) in [5.41, 5.74) is 4.67. The van der Waals surface area contributed by atoms with Crippen molar-refractivity contribution in [3.05, 3.63) is 47.3 Å². The van der Waals surface area contributed by atoms with E-state index in [9.17, 15) is 13.2 Å². The van der Waals surface area contributed by atoms with E-state index in [1.165, 1.54) is 6.07 Å². The number of rotatable bonds is 2. The molecular formula is C12H11F3N4. The average molecular weight is 268 g/mol. The van der Waals surface area contributed by atoms with Crippen LogP contribution in [0, 0.1) is 12.3 Å². The van der Waals surface area contributed by atoms with Crippen LogP contribution in [0.15, 0.2) is 30.5 Å². The van der Waals surface area contributed by atoms with Crippen molar-refractivity contribution in [1.29, 1.82) is 5.41 Å². The molecule has 0 fully saturated rings. The number of para-hydroxylation sites is 1. The van der Waals surface area contributed by atoms with E-state index in [1.807, 2.05) is 0 Å². The summed E-state index contributed by atoms with van der Waals surface area (Å²) in [4.78, 5) is 0. The zero-order valence-electron chi connectivity index (χ0n) is 9.99. The smallest absolute Gasteiger partial charge is 0.384 e. The highest BCUT2D eigenvalue weighted by atomic mass is 19.4. The summed E-state index contributed by atoms with van der Waals surface area (Å²) in [6.07, 6.45) is -3.68. The van der Waals surface area contributed by atoms with Crippen molar-refractivity contribution in [2.45, 2.75) is 13.1 Å². The molecule has 7 heteroatoms. The van der Waals surface area contributed by atoms with Gasteiger partial charge in [-0.05, 0) is 18.6 Å². The van der Waals surface area contributed by atoms with Gasteiger partial charge >= 0.3 is 6.18 Å². The molecule has 0 spiro atoms. The first-order valence-corrected chi connectivity index (χ1v) is 5.38. The van der Waals surface area contributed by atoms with Crippen molar-refractivity contribution in [2.24, 2.45) is 5.73 Å². The Kier molecular flexibility index (Phi) is 3.05. The zero-order chi connectivity index (χ0) is 14.2. The Morgan fingerprint density at radius 3 is 2.47 bits per heavy atom. The van der Waals surface area contributed by atoms with E-state index in [0.717, 1.165) is 10.9 Å². The van der Waals surface area contributed by atoms with Crippen LogP contribution in [-0.2, 0) is 6.18 Å². The minimum Gasteiger partial charge on any atom is -0.384 e. The maximum atomic E-state index is 13.1. The normalized spacial score (nSPS) is 11.6. The lowest BCUT2D eigenvalue weighted by molar-refractivity contribution is -0.142. The van der Waals surface area contributed by atoms with Gasteiger partial charge in [0.15, 0.2) is 5.69 Å². The van der Waals surface area contributed by atoms with Crippen LogP contribution in [0.2, 0.25) is 0 Å². The Hall–Kier alpha value is -2.31. The highest BCUT2D eigenvalue weighted by Crippen LogP contribution is 2.33. The topological polar surface area (TPSA) is 67.7 Å². The number of nitrogens with two attached hydrogens (primary N) is 1. The number of nitrogens with zero attached hydrogens (tertiary/aromatic N) is 2. The fraction of sp³-hybridized carbons (Fsp3) is 0.167. The van der Waals surface area contributed by atoms with E-state index in [2.05, 4.69) is 5.10 Å². The average Bonchev–Trinajstić information content (AvgIpc) is 2.73. The predicted octanol–water partition coefficient (Wildman–Crippen LogP) is 2.48. The minimum absolute atomic E-state index is 0.308. The summed E-state index contributed by atoms with van der Waals surface area (Å²) >= 11 is 0. The molecule has 0 aliphatic carbocycles. The first kappa shape index (κ1) is 13.1. The number of hydrogen-bond acceptors (Lipinski definition) is 2. The molecule has 2 rings (SSSR count). The minimum atomic E-state index is -4.64. The van der Waals surface area contributed by atoms with Crippen LogP contribution in [0.3, 0.4) is 0 Å². The molecule has 0 aliphatic rings. The van der Waals surface area contributed by atoms with Gasteiger partial charge in [0.05, 0.1) is 17.4 Å². The van der Waals surface area contributed by atoms with E-state index in [-0.39, 0.29) is 0 Å². The number of aryl methyl sites for hydroxylation is 1. The molecular weight excluding hydrogens is 257 g/mol. The van der Waals surface area contributed by atoms with E-state index < -0.39 is 23.3 Å². The Morgan fingerprint density at radius 1 is 1.32 bits per heavy atom. The number of amidine groups is 1. The maximum absolute atomic E-state index is 13.1. The van der Waals surface area contributed by atoms with E-state index >= 15 is 0 Å². The molecule has 0 bridgehead atoms. The maximum Gasteiger partial charge on any atom is 0.434 e. The number of alkyl halides is 3. The molecule has 0 amide bonds. The highest BCUT2D eigenvalue weighted by molar-refractivity contribution is 5.96. The number of nitrogens with one attached hydrogen (secondary N) is 1. The monoisotopic (exact) mass is 268 g/mol. The Labute approximate surface area is 107 Å². The summed E-state index contributed by atoms with van der Waals surface area (Å²) in [5.74, 6) is -0.660. The molecule has 100 valence electrons.